The van der Waals surface area contributed by atoms with Gasteiger partial charge in [-0.3, -0.25) is 4.79 Å². The molecule has 0 aliphatic heterocycles. The average Bonchev–Trinajstić information content (AvgIpc) is 2.79. The Balaban J connectivity index is 2.20. The van der Waals surface area contributed by atoms with E-state index in [1.165, 1.54) is 11.3 Å². The molecule has 1 unspecified atom stereocenters. The standard InChI is InChI=1S/C12H11NO4S/c14-6-8(12(16)17)13-11(15)10-5-7-3-1-2-4-9(7)18-10/h1-5,8,14H,6H2,(H,13,15)(H,16,17). The number of rotatable bonds is 4. The van der Waals surface area contributed by atoms with Crippen molar-refractivity contribution in [2.75, 3.05) is 6.61 Å². The first-order valence-corrected chi connectivity index (χ1v) is 6.06. The Kier molecular flexibility index (Phi) is 3.59. The van der Waals surface area contributed by atoms with E-state index in [0.717, 1.165) is 10.1 Å². The first-order chi connectivity index (χ1) is 8.61. The van der Waals surface area contributed by atoms with Crippen molar-refractivity contribution < 1.29 is 19.8 Å². The highest BCUT2D eigenvalue weighted by Gasteiger charge is 2.20. The highest BCUT2D eigenvalue weighted by molar-refractivity contribution is 7.20. The summed E-state index contributed by atoms with van der Waals surface area (Å²) in [5.74, 6) is -1.75. The van der Waals surface area contributed by atoms with Gasteiger partial charge in [0.25, 0.3) is 5.91 Å². The molecular weight excluding hydrogens is 254 g/mol. The molecule has 6 heteroatoms. The maximum atomic E-state index is 11.8. The largest absolute Gasteiger partial charge is 0.480 e. The van der Waals surface area contributed by atoms with E-state index >= 15 is 0 Å². The van der Waals surface area contributed by atoms with Crippen LogP contribution in [0.5, 0.6) is 0 Å². The summed E-state index contributed by atoms with van der Waals surface area (Å²) >= 11 is 1.28. The number of carbonyl (C=O) groups is 2. The minimum atomic E-state index is -1.28. The number of nitrogens with one attached hydrogen (secondary N) is 1. The fourth-order valence-electron chi connectivity index (χ4n) is 1.51. The second-order valence-corrected chi connectivity index (χ2v) is 4.78. The van der Waals surface area contributed by atoms with Crippen LogP contribution in [0, 0.1) is 0 Å². The zero-order valence-electron chi connectivity index (χ0n) is 9.29. The van der Waals surface area contributed by atoms with Crippen molar-refractivity contribution in [3.05, 3.63) is 35.2 Å². The lowest BCUT2D eigenvalue weighted by Crippen LogP contribution is -2.43. The van der Waals surface area contributed by atoms with Crippen molar-refractivity contribution in [3.8, 4) is 0 Å². The van der Waals surface area contributed by atoms with Gasteiger partial charge in [-0.2, -0.15) is 0 Å². The number of hydrogen-bond acceptors (Lipinski definition) is 4. The molecule has 0 saturated carbocycles. The number of hydrogen-bond donors (Lipinski definition) is 3. The third kappa shape index (κ3) is 2.49. The third-order valence-corrected chi connectivity index (χ3v) is 3.55. The van der Waals surface area contributed by atoms with Crippen LogP contribution in [0.3, 0.4) is 0 Å². The Morgan fingerprint density at radius 3 is 2.67 bits per heavy atom. The molecule has 0 aliphatic rings. The van der Waals surface area contributed by atoms with Gasteiger partial charge in [-0.1, -0.05) is 18.2 Å². The molecule has 2 aromatic rings. The van der Waals surface area contributed by atoms with Crippen molar-refractivity contribution in [1.82, 2.24) is 5.32 Å². The van der Waals surface area contributed by atoms with Crippen molar-refractivity contribution in [2.45, 2.75) is 6.04 Å². The first-order valence-electron chi connectivity index (χ1n) is 5.25. The topological polar surface area (TPSA) is 86.6 Å². The molecule has 0 saturated heterocycles. The minimum absolute atomic E-state index is 0.427. The van der Waals surface area contributed by atoms with Crippen LogP contribution in [0.15, 0.2) is 30.3 Å². The molecule has 18 heavy (non-hydrogen) atoms. The van der Waals surface area contributed by atoms with Gasteiger partial charge >= 0.3 is 5.97 Å². The third-order valence-electron chi connectivity index (χ3n) is 2.44. The van der Waals surface area contributed by atoms with Gasteiger partial charge < -0.3 is 15.5 Å². The van der Waals surface area contributed by atoms with Crippen LogP contribution in [-0.2, 0) is 4.79 Å². The second kappa shape index (κ2) is 5.16. The highest BCUT2D eigenvalue weighted by atomic mass is 32.1. The summed E-state index contributed by atoms with van der Waals surface area (Å²) in [6.45, 7) is -0.633. The Morgan fingerprint density at radius 1 is 1.33 bits per heavy atom. The number of amides is 1. The molecule has 1 heterocycles. The molecule has 1 aromatic carbocycles. The molecular formula is C12H11NO4S. The fourth-order valence-corrected chi connectivity index (χ4v) is 2.47. The number of thiophene rings is 1. The van der Waals surface area contributed by atoms with E-state index < -0.39 is 24.5 Å². The Labute approximate surface area is 107 Å². The van der Waals surface area contributed by atoms with E-state index in [0.29, 0.717) is 4.88 Å². The molecule has 94 valence electrons. The zero-order chi connectivity index (χ0) is 13.1. The van der Waals surface area contributed by atoms with E-state index in [-0.39, 0.29) is 0 Å². The molecule has 2 rings (SSSR count). The zero-order valence-corrected chi connectivity index (χ0v) is 10.1. The molecule has 0 aliphatic carbocycles. The molecule has 0 radical (unpaired) electrons. The van der Waals surface area contributed by atoms with E-state index in [1.807, 2.05) is 24.3 Å². The predicted molar refractivity (Wildman–Crippen MR) is 67.8 cm³/mol. The fraction of sp³-hybridized carbons (Fsp3) is 0.167. The lowest BCUT2D eigenvalue weighted by molar-refractivity contribution is -0.140. The monoisotopic (exact) mass is 265 g/mol. The first kappa shape index (κ1) is 12.5. The maximum absolute atomic E-state index is 11.8. The smallest absolute Gasteiger partial charge is 0.328 e. The van der Waals surface area contributed by atoms with Crippen LogP contribution in [0.25, 0.3) is 10.1 Å². The summed E-state index contributed by atoms with van der Waals surface area (Å²) < 4.78 is 0.957. The average molecular weight is 265 g/mol. The Bertz CT molecular complexity index is 560. The van der Waals surface area contributed by atoms with Gasteiger partial charge in [0.2, 0.25) is 0 Å². The van der Waals surface area contributed by atoms with E-state index in [2.05, 4.69) is 5.32 Å². The summed E-state index contributed by atoms with van der Waals surface area (Å²) in [4.78, 5) is 22.9. The van der Waals surface area contributed by atoms with Gasteiger partial charge in [-0.05, 0) is 17.5 Å². The molecule has 0 fully saturated rings. The highest BCUT2D eigenvalue weighted by Crippen LogP contribution is 2.25. The van der Waals surface area contributed by atoms with E-state index in [9.17, 15) is 9.59 Å². The number of aliphatic carboxylic acids is 1. The SMILES string of the molecule is O=C(NC(CO)C(=O)O)c1cc2ccccc2s1. The lowest BCUT2D eigenvalue weighted by atomic mass is 10.2. The lowest BCUT2D eigenvalue weighted by Gasteiger charge is -2.10. The minimum Gasteiger partial charge on any atom is -0.480 e. The van der Waals surface area contributed by atoms with Crippen LogP contribution < -0.4 is 5.32 Å². The molecule has 1 atom stereocenters. The number of aliphatic hydroxyl groups excluding tert-OH is 1. The summed E-state index contributed by atoms with van der Waals surface area (Å²) in [7, 11) is 0. The van der Waals surface area contributed by atoms with Crippen LogP contribution >= 0.6 is 11.3 Å². The number of carboxylic acid groups (broad SMARTS) is 1. The molecule has 1 amide bonds. The van der Waals surface area contributed by atoms with Gasteiger partial charge in [0, 0.05) is 4.70 Å². The van der Waals surface area contributed by atoms with Gasteiger partial charge in [0.05, 0.1) is 11.5 Å². The number of carbonyl (C=O) groups excluding carboxylic acids is 1. The van der Waals surface area contributed by atoms with Crippen molar-refractivity contribution >= 4 is 33.3 Å². The number of benzene rings is 1. The van der Waals surface area contributed by atoms with Crippen molar-refractivity contribution in [3.63, 3.8) is 0 Å². The number of fused-ring (bicyclic) bond motifs is 1. The summed E-state index contributed by atoms with van der Waals surface area (Å²) in [5, 5.41) is 20.8. The summed E-state index contributed by atoms with van der Waals surface area (Å²) in [6.07, 6.45) is 0. The molecule has 0 bridgehead atoms. The molecule has 0 spiro atoms. The predicted octanol–water partition coefficient (Wildman–Crippen LogP) is 1.08. The quantitative estimate of drug-likeness (QED) is 0.772. The van der Waals surface area contributed by atoms with Gasteiger partial charge in [0.1, 0.15) is 0 Å². The normalized spacial score (nSPS) is 12.3. The van der Waals surface area contributed by atoms with Crippen LogP contribution in [0.4, 0.5) is 0 Å². The number of aliphatic hydroxyl groups is 1. The molecule has 1 aromatic heterocycles. The van der Waals surface area contributed by atoms with Crippen LogP contribution in [-0.4, -0.2) is 34.7 Å². The second-order valence-electron chi connectivity index (χ2n) is 3.70. The van der Waals surface area contributed by atoms with Crippen LogP contribution in [0.2, 0.25) is 0 Å². The van der Waals surface area contributed by atoms with Gasteiger partial charge in [0.15, 0.2) is 6.04 Å². The Hall–Kier alpha value is -1.92. The van der Waals surface area contributed by atoms with Crippen molar-refractivity contribution in [2.24, 2.45) is 0 Å². The summed E-state index contributed by atoms with van der Waals surface area (Å²) in [6, 6.07) is 7.92. The molecule has 3 N–H and O–H groups in total. The van der Waals surface area contributed by atoms with Crippen LogP contribution in [0.1, 0.15) is 9.67 Å². The molecule has 5 nitrogen and oxygen atoms in total. The van der Waals surface area contributed by atoms with Crippen molar-refractivity contribution in [1.29, 1.82) is 0 Å². The van der Waals surface area contributed by atoms with E-state index in [4.69, 9.17) is 10.2 Å². The maximum Gasteiger partial charge on any atom is 0.328 e. The van der Waals surface area contributed by atoms with Gasteiger partial charge in [-0.15, -0.1) is 11.3 Å². The Morgan fingerprint density at radius 2 is 2.06 bits per heavy atom. The number of carboxylic acids is 1. The van der Waals surface area contributed by atoms with E-state index in [1.54, 1.807) is 6.07 Å². The van der Waals surface area contributed by atoms with Gasteiger partial charge in [-0.25, -0.2) is 4.79 Å². The summed E-state index contributed by atoms with van der Waals surface area (Å²) in [5.41, 5.74) is 0.